The lowest BCUT2D eigenvalue weighted by Crippen LogP contribution is -2.47. The molecule has 3 unspecified atom stereocenters. The van der Waals surface area contributed by atoms with Crippen molar-refractivity contribution in [3.05, 3.63) is 60.8 Å². The maximum absolute atomic E-state index is 13.6. The molecule has 0 rings (SSSR count). The SMILES string of the molecule is CCCCC/C=C\C/C=C\CCCCCCCCCCCCCCCCCC(=O)OC(/C=C/CCCCCCCCCCCCC)C(COP(=O)(O)OCC[N+](C)(C)C)NC(=O)CCCCCCCCCCCCCCC/C=C\C/C=C\CCCCC. The second-order valence-electron chi connectivity index (χ2n) is 26.8. The number of unbranched alkanes of at least 4 members (excludes halogenated alkanes) is 45. The van der Waals surface area contributed by atoms with Crippen LogP contribution in [0, 0.1) is 0 Å². The summed E-state index contributed by atoms with van der Waals surface area (Å²) in [4.78, 5) is 38.0. The number of phosphoric ester groups is 1. The van der Waals surface area contributed by atoms with Crippen LogP contribution in [0.3, 0.4) is 0 Å². The highest BCUT2D eigenvalue weighted by Gasteiger charge is 2.30. The van der Waals surface area contributed by atoms with Crippen molar-refractivity contribution in [1.82, 2.24) is 5.32 Å². The summed E-state index contributed by atoms with van der Waals surface area (Å²) in [5, 5.41) is 3.08. The van der Waals surface area contributed by atoms with Gasteiger partial charge in [0.2, 0.25) is 5.91 Å². The number of carbonyl (C=O) groups is 2. The summed E-state index contributed by atoms with van der Waals surface area (Å²) < 4.78 is 30.9. The van der Waals surface area contributed by atoms with Gasteiger partial charge >= 0.3 is 13.8 Å². The number of amides is 1. The van der Waals surface area contributed by atoms with Gasteiger partial charge in [-0.15, -0.1) is 0 Å². The van der Waals surface area contributed by atoms with Crippen molar-refractivity contribution in [2.45, 2.75) is 380 Å². The van der Waals surface area contributed by atoms with Crippen LogP contribution in [-0.4, -0.2) is 74.3 Å². The van der Waals surface area contributed by atoms with Gasteiger partial charge in [0.05, 0.1) is 33.8 Å². The monoisotopic (exact) mass is 1240 g/mol. The Morgan fingerprint density at radius 3 is 1.06 bits per heavy atom. The first kappa shape index (κ1) is 84.7. The molecule has 0 spiro atoms. The lowest BCUT2D eigenvalue weighted by Gasteiger charge is -2.27. The number of phosphoric acid groups is 1. The molecule has 0 saturated heterocycles. The van der Waals surface area contributed by atoms with E-state index in [1.807, 2.05) is 27.2 Å². The zero-order valence-electron chi connectivity index (χ0n) is 58.5. The van der Waals surface area contributed by atoms with Gasteiger partial charge in [-0.3, -0.25) is 18.6 Å². The van der Waals surface area contributed by atoms with Gasteiger partial charge in [0.1, 0.15) is 19.3 Å². The zero-order valence-corrected chi connectivity index (χ0v) is 59.4. The van der Waals surface area contributed by atoms with E-state index in [4.69, 9.17) is 13.8 Å². The Morgan fingerprint density at radius 1 is 0.402 bits per heavy atom. The number of quaternary nitrogens is 1. The van der Waals surface area contributed by atoms with Gasteiger partial charge in [0.25, 0.3) is 0 Å². The van der Waals surface area contributed by atoms with E-state index in [-0.39, 0.29) is 25.1 Å². The van der Waals surface area contributed by atoms with Gasteiger partial charge in [0, 0.05) is 12.8 Å². The molecule has 0 heterocycles. The van der Waals surface area contributed by atoms with E-state index < -0.39 is 20.0 Å². The minimum atomic E-state index is -4.46. The summed E-state index contributed by atoms with van der Waals surface area (Å²) in [6.07, 6.45) is 86.6. The predicted octanol–water partition coefficient (Wildman–Crippen LogP) is 24.1. The van der Waals surface area contributed by atoms with E-state index in [9.17, 15) is 19.0 Å². The summed E-state index contributed by atoms with van der Waals surface area (Å²) in [5.41, 5.74) is 0. The maximum atomic E-state index is 13.6. The van der Waals surface area contributed by atoms with Crippen LogP contribution in [0.4, 0.5) is 0 Å². The summed E-state index contributed by atoms with van der Waals surface area (Å²) >= 11 is 0. The summed E-state index contributed by atoms with van der Waals surface area (Å²) in [5.74, 6) is -0.489. The number of nitrogens with one attached hydrogen (secondary N) is 1. The number of carbonyl (C=O) groups excluding carboxylic acids is 2. The minimum Gasteiger partial charge on any atom is -0.456 e. The van der Waals surface area contributed by atoms with Crippen LogP contribution in [0.1, 0.15) is 367 Å². The Morgan fingerprint density at radius 2 is 0.701 bits per heavy atom. The molecule has 3 atom stereocenters. The van der Waals surface area contributed by atoms with Crippen molar-refractivity contribution < 1.29 is 37.3 Å². The summed E-state index contributed by atoms with van der Waals surface area (Å²) in [6, 6.07) is -0.850. The van der Waals surface area contributed by atoms with E-state index >= 15 is 0 Å². The van der Waals surface area contributed by atoms with Gasteiger partial charge in [0.15, 0.2) is 0 Å². The Kier molecular flexibility index (Phi) is 64.9. The van der Waals surface area contributed by atoms with Gasteiger partial charge in [-0.25, -0.2) is 4.57 Å². The third-order valence-electron chi connectivity index (χ3n) is 16.9. The average Bonchev–Trinajstić information content (AvgIpc) is 3.70. The number of nitrogens with zero attached hydrogens (tertiary/aromatic N) is 1. The van der Waals surface area contributed by atoms with Crippen LogP contribution < -0.4 is 5.32 Å². The zero-order chi connectivity index (χ0) is 63.5. The summed E-state index contributed by atoms with van der Waals surface area (Å²) in [6.45, 7) is 7.02. The average molecular weight is 1240 g/mol. The molecule has 0 aromatic rings. The van der Waals surface area contributed by atoms with Crippen LogP contribution in [0.15, 0.2) is 60.8 Å². The van der Waals surface area contributed by atoms with Crippen LogP contribution in [0.25, 0.3) is 0 Å². The highest BCUT2D eigenvalue weighted by Crippen LogP contribution is 2.43. The van der Waals surface area contributed by atoms with E-state index in [1.54, 1.807) is 0 Å². The Labute approximate surface area is 541 Å². The first-order valence-corrected chi connectivity index (χ1v) is 39.1. The molecule has 1 amide bonds. The molecule has 510 valence electrons. The molecule has 0 saturated carbocycles. The quantitative estimate of drug-likeness (QED) is 0.0205. The topological polar surface area (TPSA) is 111 Å². The molecule has 0 aliphatic heterocycles. The van der Waals surface area contributed by atoms with Crippen LogP contribution in [-0.2, 0) is 27.9 Å². The number of ether oxygens (including phenoxy) is 1. The highest BCUT2D eigenvalue weighted by atomic mass is 31.2. The number of hydrogen-bond acceptors (Lipinski definition) is 6. The molecule has 9 nitrogen and oxygen atoms in total. The standard InChI is InChI=1S/C77H145N2O7P/c1-7-10-13-16-19-22-25-28-30-32-34-36-38-39-41-43-45-47-49-52-55-58-61-64-67-70-77(81)86-75(68-65-62-59-56-53-50-27-24-21-18-15-12-9-3)74(73-85-87(82,83)84-72-71-79(4,5)6)78-76(80)69-66-63-60-57-54-51-48-46-44-42-40-37-35-33-31-29-26-23-20-17-14-11-8-2/h19-20,22-23,28-31,65,68,74-75H,7-18,21,24-27,32-64,66-67,69-73H2,1-6H3,(H-,78,80,82,83)/p+1/b22-19-,23-20-,30-28-,31-29-,68-65+. The fourth-order valence-corrected chi connectivity index (χ4v) is 11.9. The molecular weight excluding hydrogens is 1100 g/mol. The molecule has 0 fully saturated rings. The first-order valence-electron chi connectivity index (χ1n) is 37.6. The third-order valence-corrected chi connectivity index (χ3v) is 17.9. The van der Waals surface area contributed by atoms with Crippen molar-refractivity contribution in [2.75, 3.05) is 40.9 Å². The number of likely N-dealkylation sites (N-methyl/N-ethyl adjacent to an activating group) is 1. The lowest BCUT2D eigenvalue weighted by molar-refractivity contribution is -0.870. The molecule has 0 radical (unpaired) electrons. The highest BCUT2D eigenvalue weighted by molar-refractivity contribution is 7.47. The molecular formula is C77H146N2O7P+. The van der Waals surface area contributed by atoms with E-state index in [0.29, 0.717) is 23.9 Å². The molecule has 0 aliphatic carbocycles. The Hall–Kier alpha value is -2.29. The second kappa shape index (κ2) is 66.6. The van der Waals surface area contributed by atoms with Crippen molar-refractivity contribution >= 4 is 19.7 Å². The fourth-order valence-electron chi connectivity index (χ4n) is 11.1. The van der Waals surface area contributed by atoms with Crippen LogP contribution >= 0.6 is 7.82 Å². The van der Waals surface area contributed by atoms with Gasteiger partial charge < -0.3 is 19.4 Å². The number of rotatable bonds is 69. The number of esters is 1. The maximum Gasteiger partial charge on any atom is 0.472 e. The minimum absolute atomic E-state index is 0.0410. The van der Waals surface area contributed by atoms with Gasteiger partial charge in [-0.05, 0) is 96.0 Å². The smallest absolute Gasteiger partial charge is 0.456 e. The molecule has 0 aromatic carbocycles. The van der Waals surface area contributed by atoms with Gasteiger partial charge in [-0.2, -0.15) is 0 Å². The van der Waals surface area contributed by atoms with E-state index in [1.165, 1.54) is 263 Å². The van der Waals surface area contributed by atoms with Crippen molar-refractivity contribution in [3.63, 3.8) is 0 Å². The largest absolute Gasteiger partial charge is 0.472 e. The fraction of sp³-hybridized carbons (Fsp3) is 0.844. The number of allylic oxidation sites excluding steroid dienone is 9. The van der Waals surface area contributed by atoms with E-state index in [2.05, 4.69) is 80.8 Å². The van der Waals surface area contributed by atoms with Crippen LogP contribution in [0.2, 0.25) is 0 Å². The lowest BCUT2D eigenvalue weighted by atomic mass is 10.0. The second-order valence-corrected chi connectivity index (χ2v) is 28.3. The molecule has 0 aromatic heterocycles. The Balaban J connectivity index is 5.02. The molecule has 0 aliphatic rings. The molecule has 87 heavy (non-hydrogen) atoms. The predicted molar refractivity (Wildman–Crippen MR) is 378 cm³/mol. The normalized spacial score (nSPS) is 13.8. The first-order chi connectivity index (χ1) is 42.4. The molecule has 2 N–H and O–H groups in total. The molecule has 10 heteroatoms. The van der Waals surface area contributed by atoms with Gasteiger partial charge in [-0.1, -0.05) is 319 Å². The van der Waals surface area contributed by atoms with Crippen LogP contribution in [0.5, 0.6) is 0 Å². The summed E-state index contributed by atoms with van der Waals surface area (Å²) in [7, 11) is 1.51. The van der Waals surface area contributed by atoms with E-state index in [0.717, 1.165) is 70.6 Å². The number of hydrogen-bond donors (Lipinski definition) is 2. The molecule has 0 bridgehead atoms. The third kappa shape index (κ3) is 67.9. The Bertz CT molecular complexity index is 1670. The van der Waals surface area contributed by atoms with Crippen molar-refractivity contribution in [2.24, 2.45) is 0 Å². The van der Waals surface area contributed by atoms with Crippen molar-refractivity contribution in [1.29, 1.82) is 0 Å². The van der Waals surface area contributed by atoms with Crippen molar-refractivity contribution in [3.8, 4) is 0 Å².